The molecule has 3 aromatic carbocycles. The molecule has 3 aromatic rings. The highest BCUT2D eigenvalue weighted by Crippen LogP contribution is 2.36. The smallest absolute Gasteiger partial charge is 0.261 e. The number of aryl methyl sites for hydroxylation is 1. The van der Waals surface area contributed by atoms with Gasteiger partial charge >= 0.3 is 0 Å². The van der Waals surface area contributed by atoms with E-state index in [-0.39, 0.29) is 11.1 Å². The van der Waals surface area contributed by atoms with Crippen LogP contribution >= 0.6 is 0 Å². The molecule has 0 aliphatic carbocycles. The van der Waals surface area contributed by atoms with Crippen LogP contribution in [0.2, 0.25) is 5.04 Å². The Bertz CT molecular complexity index is 1170. The first-order valence-electron chi connectivity index (χ1n) is 16.7. The van der Waals surface area contributed by atoms with Gasteiger partial charge in [0.05, 0.1) is 6.10 Å². The Morgan fingerprint density at radius 2 is 1.28 bits per heavy atom. The summed E-state index contributed by atoms with van der Waals surface area (Å²) >= 11 is 0. The molecule has 2 nitrogen and oxygen atoms in total. The number of aliphatic hydroxyl groups excluding tert-OH is 1. The second-order valence-electron chi connectivity index (χ2n) is 12.9. The second kappa shape index (κ2) is 18.8. The van der Waals surface area contributed by atoms with Crippen LogP contribution in [0.1, 0.15) is 103 Å². The molecule has 0 aliphatic heterocycles. The number of benzene rings is 3. The third kappa shape index (κ3) is 11.1. The predicted octanol–water partition coefficient (Wildman–Crippen LogP) is 9.66. The van der Waals surface area contributed by atoms with E-state index < -0.39 is 8.32 Å². The van der Waals surface area contributed by atoms with Gasteiger partial charge in [-0.15, -0.1) is 0 Å². The molecular weight excluding hydrogens is 541 g/mol. The molecular formula is C40H56O2Si. The van der Waals surface area contributed by atoms with E-state index in [0.717, 1.165) is 45.1 Å². The minimum absolute atomic E-state index is 0.0136. The highest BCUT2D eigenvalue weighted by molar-refractivity contribution is 6.99. The van der Waals surface area contributed by atoms with Crippen molar-refractivity contribution in [1.29, 1.82) is 0 Å². The largest absolute Gasteiger partial charge is 0.407 e. The Morgan fingerprint density at radius 1 is 0.698 bits per heavy atom. The molecule has 1 atom stereocenters. The normalized spacial score (nSPS) is 13.2. The Kier molecular flexibility index (Phi) is 15.2. The number of aliphatic hydroxyl groups is 1. The zero-order chi connectivity index (χ0) is 30.8. The lowest BCUT2D eigenvalue weighted by Crippen LogP contribution is -2.66. The van der Waals surface area contributed by atoms with Gasteiger partial charge in [0.25, 0.3) is 8.32 Å². The van der Waals surface area contributed by atoms with Gasteiger partial charge in [0, 0.05) is 6.61 Å². The Balaban J connectivity index is 1.50. The van der Waals surface area contributed by atoms with Crippen LogP contribution in [-0.4, -0.2) is 26.1 Å². The number of hydrogen-bond acceptors (Lipinski definition) is 2. The van der Waals surface area contributed by atoms with E-state index in [1.165, 1.54) is 53.6 Å². The lowest BCUT2D eigenvalue weighted by Gasteiger charge is -2.43. The quantitative estimate of drug-likeness (QED) is 0.0848. The molecule has 0 amide bonds. The van der Waals surface area contributed by atoms with Gasteiger partial charge in [-0.3, -0.25) is 0 Å². The fourth-order valence-corrected chi connectivity index (χ4v) is 10.7. The number of allylic oxidation sites excluding steroid dienone is 2. The summed E-state index contributed by atoms with van der Waals surface area (Å²) in [6.45, 7) is 10.1. The number of unbranched alkanes of at least 4 members (excludes halogenated alkanes) is 7. The molecule has 0 saturated carbocycles. The average Bonchev–Trinajstić information content (AvgIpc) is 3.01. The highest BCUT2D eigenvalue weighted by atomic mass is 28.4. The monoisotopic (exact) mass is 596 g/mol. The summed E-state index contributed by atoms with van der Waals surface area (Å²) in [5.74, 6) is 0. The molecule has 0 aliphatic rings. The van der Waals surface area contributed by atoms with Crippen LogP contribution in [-0.2, 0) is 10.8 Å². The molecule has 3 rings (SSSR count). The maximum absolute atomic E-state index is 10.3. The Morgan fingerprint density at radius 3 is 1.93 bits per heavy atom. The maximum atomic E-state index is 10.3. The molecule has 0 saturated heterocycles. The topological polar surface area (TPSA) is 29.5 Å². The first-order valence-corrected chi connectivity index (χ1v) is 18.6. The van der Waals surface area contributed by atoms with E-state index in [9.17, 15) is 5.11 Å². The van der Waals surface area contributed by atoms with E-state index in [1.54, 1.807) is 0 Å². The van der Waals surface area contributed by atoms with E-state index in [2.05, 4.69) is 125 Å². The molecule has 0 bridgehead atoms. The van der Waals surface area contributed by atoms with Crippen molar-refractivity contribution in [3.05, 3.63) is 114 Å². The Labute approximate surface area is 264 Å². The fraction of sp³-hybridized carbons (Fsp3) is 0.450. The van der Waals surface area contributed by atoms with Gasteiger partial charge in [0.2, 0.25) is 0 Å². The third-order valence-corrected chi connectivity index (χ3v) is 13.5. The summed E-state index contributed by atoms with van der Waals surface area (Å²) in [4.78, 5) is 0. The highest BCUT2D eigenvalue weighted by Gasteiger charge is 2.49. The summed E-state index contributed by atoms with van der Waals surface area (Å²) < 4.78 is 7.07. The zero-order valence-electron chi connectivity index (χ0n) is 27.3. The first-order chi connectivity index (χ1) is 20.9. The van der Waals surface area contributed by atoms with Crippen molar-refractivity contribution in [2.75, 3.05) is 6.61 Å². The third-order valence-electron chi connectivity index (χ3n) is 8.45. The number of rotatable bonds is 19. The van der Waals surface area contributed by atoms with Crippen molar-refractivity contribution in [2.24, 2.45) is 0 Å². The minimum atomic E-state index is -2.46. The van der Waals surface area contributed by atoms with Gasteiger partial charge < -0.3 is 9.53 Å². The van der Waals surface area contributed by atoms with Gasteiger partial charge in [-0.25, -0.2) is 0 Å². The fourth-order valence-electron chi connectivity index (χ4n) is 6.09. The standard InChI is InChI=1S/C40H56O2Si/c1-5-6-7-8-9-14-28-37(41)29-22-21-27-36-26-20-19-25-35(36)24-13-12-23-34-42-43(40(2,3)4,38-30-15-10-16-31-38)39-32-17-11-18-33-39/h10-11,15-22,25-27,29-33,37,41H,5-9,12-14,23-24,28,34H2,1-4H3. The van der Waals surface area contributed by atoms with Crippen molar-refractivity contribution in [3.63, 3.8) is 0 Å². The van der Waals surface area contributed by atoms with Crippen LogP contribution in [0.15, 0.2) is 103 Å². The molecule has 1 N–H and O–H groups in total. The SMILES string of the molecule is CCCCCCCCC(O)C=CC=Cc1ccccc1CCCCCO[Si](c1ccccc1)(c1ccccc1)C(C)(C)C. The van der Waals surface area contributed by atoms with Crippen LogP contribution in [0.5, 0.6) is 0 Å². The summed E-state index contributed by atoms with van der Waals surface area (Å²) in [6, 6.07) is 30.5. The van der Waals surface area contributed by atoms with E-state index in [0.29, 0.717) is 0 Å². The molecule has 232 valence electrons. The van der Waals surface area contributed by atoms with E-state index in [4.69, 9.17) is 4.43 Å². The van der Waals surface area contributed by atoms with Gasteiger partial charge in [-0.05, 0) is 52.2 Å². The van der Waals surface area contributed by atoms with Gasteiger partial charge in [0.1, 0.15) is 0 Å². The maximum Gasteiger partial charge on any atom is 0.261 e. The Hall–Kier alpha value is -2.72. The van der Waals surface area contributed by atoms with Crippen molar-refractivity contribution in [2.45, 2.75) is 109 Å². The van der Waals surface area contributed by atoms with Crippen LogP contribution in [0, 0.1) is 0 Å². The van der Waals surface area contributed by atoms with Crippen LogP contribution in [0.25, 0.3) is 6.08 Å². The first kappa shape index (κ1) is 34.8. The zero-order valence-corrected chi connectivity index (χ0v) is 28.3. The second-order valence-corrected chi connectivity index (χ2v) is 17.2. The summed E-state index contributed by atoms with van der Waals surface area (Å²) in [5, 5.41) is 13.0. The van der Waals surface area contributed by atoms with Gasteiger partial charge in [-0.2, -0.15) is 0 Å². The van der Waals surface area contributed by atoms with E-state index >= 15 is 0 Å². The van der Waals surface area contributed by atoms with Crippen molar-refractivity contribution in [3.8, 4) is 0 Å². The molecule has 0 heterocycles. The summed E-state index contributed by atoms with van der Waals surface area (Å²) in [5.41, 5.74) is 2.65. The summed E-state index contributed by atoms with van der Waals surface area (Å²) in [6.07, 6.45) is 20.6. The lowest BCUT2D eigenvalue weighted by atomic mass is 10.0. The van der Waals surface area contributed by atoms with E-state index in [1.807, 2.05) is 12.2 Å². The van der Waals surface area contributed by atoms with Gasteiger partial charge in [-0.1, -0.05) is 182 Å². The molecule has 3 heteroatoms. The van der Waals surface area contributed by atoms with Crippen molar-refractivity contribution >= 4 is 24.8 Å². The molecule has 0 aromatic heterocycles. The lowest BCUT2D eigenvalue weighted by molar-refractivity contribution is 0.208. The van der Waals surface area contributed by atoms with Crippen LogP contribution < -0.4 is 10.4 Å². The van der Waals surface area contributed by atoms with Gasteiger partial charge in [0.15, 0.2) is 0 Å². The molecule has 1 unspecified atom stereocenters. The number of hydrogen-bond donors (Lipinski definition) is 1. The average molecular weight is 597 g/mol. The van der Waals surface area contributed by atoms with Crippen LogP contribution in [0.3, 0.4) is 0 Å². The van der Waals surface area contributed by atoms with Crippen LogP contribution in [0.4, 0.5) is 0 Å². The molecule has 0 radical (unpaired) electrons. The van der Waals surface area contributed by atoms with Crippen molar-refractivity contribution in [1.82, 2.24) is 0 Å². The molecule has 0 fully saturated rings. The molecule has 43 heavy (non-hydrogen) atoms. The molecule has 0 spiro atoms. The summed E-state index contributed by atoms with van der Waals surface area (Å²) in [7, 11) is -2.46. The minimum Gasteiger partial charge on any atom is -0.407 e. The predicted molar refractivity (Wildman–Crippen MR) is 190 cm³/mol. The van der Waals surface area contributed by atoms with Crippen molar-refractivity contribution < 1.29 is 9.53 Å².